The summed E-state index contributed by atoms with van der Waals surface area (Å²) in [6, 6.07) is 9.95. The van der Waals surface area contributed by atoms with Gasteiger partial charge in [0.25, 0.3) is 0 Å². The average molecular weight is 328 g/mol. The Morgan fingerprint density at radius 1 is 1.12 bits per heavy atom. The van der Waals surface area contributed by atoms with Crippen molar-refractivity contribution in [3.05, 3.63) is 54.5 Å². The molecule has 3 rings (SSSR count). The maximum atomic E-state index is 14.4. The second-order valence-corrected chi connectivity index (χ2v) is 6.99. The van der Waals surface area contributed by atoms with Gasteiger partial charge < -0.3 is 9.31 Å². The van der Waals surface area contributed by atoms with Gasteiger partial charge in [-0.3, -0.25) is 4.68 Å². The maximum absolute atomic E-state index is 14.4. The molecule has 24 heavy (non-hydrogen) atoms. The number of nitrogens with zero attached hydrogens (tertiary/aromatic N) is 2. The highest BCUT2D eigenvalue weighted by atomic mass is 19.1. The predicted molar refractivity (Wildman–Crippen MR) is 92.9 cm³/mol. The van der Waals surface area contributed by atoms with Gasteiger partial charge in [0.05, 0.1) is 23.9 Å². The summed E-state index contributed by atoms with van der Waals surface area (Å²) in [6.07, 6.45) is 5.11. The molecule has 0 N–H and O–H groups in total. The van der Waals surface area contributed by atoms with Gasteiger partial charge in [0, 0.05) is 11.8 Å². The average Bonchev–Trinajstić information content (AvgIpc) is 3.08. The molecule has 0 amide bonds. The minimum absolute atomic E-state index is 0.322. The first kappa shape index (κ1) is 16.9. The zero-order valence-corrected chi connectivity index (χ0v) is 14.5. The van der Waals surface area contributed by atoms with Crippen molar-refractivity contribution in [3.63, 3.8) is 0 Å². The fraction of sp³-hybridized carbons (Fsp3) is 0.389. The Labute approximate surface area is 142 Å². The van der Waals surface area contributed by atoms with E-state index in [1.165, 1.54) is 6.08 Å². The van der Waals surface area contributed by atoms with E-state index in [1.807, 2.05) is 64.2 Å². The molecule has 6 heteroatoms. The topological polar surface area (TPSA) is 36.3 Å². The normalized spacial score (nSPS) is 19.7. The van der Waals surface area contributed by atoms with Crippen LogP contribution in [-0.2, 0) is 15.9 Å². The molecule has 0 radical (unpaired) electrons. The van der Waals surface area contributed by atoms with Crippen molar-refractivity contribution in [2.24, 2.45) is 0 Å². The molecule has 0 aliphatic carbocycles. The van der Waals surface area contributed by atoms with Crippen molar-refractivity contribution in [1.82, 2.24) is 9.78 Å². The fourth-order valence-corrected chi connectivity index (χ4v) is 2.48. The molecule has 1 fully saturated rings. The van der Waals surface area contributed by atoms with Gasteiger partial charge in [-0.2, -0.15) is 5.10 Å². The Morgan fingerprint density at radius 3 is 2.38 bits per heavy atom. The van der Waals surface area contributed by atoms with Crippen molar-refractivity contribution in [3.8, 4) is 11.1 Å². The number of allylic oxidation sites excluding steroid dienone is 1. The molecule has 0 saturated carbocycles. The zero-order chi connectivity index (χ0) is 17.4. The van der Waals surface area contributed by atoms with Crippen molar-refractivity contribution in [2.45, 2.75) is 45.4 Å². The van der Waals surface area contributed by atoms with Crippen molar-refractivity contribution in [1.29, 1.82) is 0 Å². The van der Waals surface area contributed by atoms with Crippen LogP contribution in [-0.4, -0.2) is 28.1 Å². The van der Waals surface area contributed by atoms with E-state index in [1.54, 1.807) is 10.9 Å². The quantitative estimate of drug-likeness (QED) is 0.795. The van der Waals surface area contributed by atoms with E-state index in [-0.39, 0.29) is 0 Å². The molecule has 1 aliphatic rings. The Kier molecular flexibility index (Phi) is 4.36. The van der Waals surface area contributed by atoms with Crippen LogP contribution in [0, 0.1) is 0 Å². The van der Waals surface area contributed by atoms with E-state index in [2.05, 4.69) is 5.10 Å². The summed E-state index contributed by atoms with van der Waals surface area (Å²) in [6.45, 7) is 7.93. The molecule has 126 valence electrons. The van der Waals surface area contributed by atoms with Crippen molar-refractivity contribution >= 4 is 7.12 Å². The molecule has 1 saturated heterocycles. The number of halogens is 1. The third-order valence-electron chi connectivity index (χ3n) is 4.69. The molecule has 0 atom stereocenters. The summed E-state index contributed by atoms with van der Waals surface area (Å²) in [4.78, 5) is 0. The van der Waals surface area contributed by atoms with Crippen LogP contribution in [0.1, 0.15) is 27.7 Å². The summed E-state index contributed by atoms with van der Waals surface area (Å²) >= 11 is 0. The van der Waals surface area contributed by atoms with Crippen LogP contribution < -0.4 is 0 Å². The SMILES string of the molecule is CC1(C)OB(C(F)=CCn2cc(-c3ccccc3)cn2)OC1(C)C. The third-order valence-corrected chi connectivity index (χ3v) is 4.69. The van der Waals surface area contributed by atoms with Gasteiger partial charge in [-0.05, 0) is 39.3 Å². The third kappa shape index (κ3) is 3.30. The summed E-state index contributed by atoms with van der Waals surface area (Å²) in [5.74, 6) is 0. The van der Waals surface area contributed by atoms with Crippen LogP contribution in [0.4, 0.5) is 4.39 Å². The Morgan fingerprint density at radius 2 is 1.75 bits per heavy atom. The molecule has 1 aliphatic heterocycles. The first-order valence-corrected chi connectivity index (χ1v) is 8.07. The van der Waals surface area contributed by atoms with Gasteiger partial charge in [0.2, 0.25) is 0 Å². The fourth-order valence-electron chi connectivity index (χ4n) is 2.48. The zero-order valence-electron chi connectivity index (χ0n) is 14.5. The molecule has 2 heterocycles. The minimum atomic E-state index is -0.959. The number of rotatable bonds is 4. The lowest BCUT2D eigenvalue weighted by atomic mass is 9.88. The van der Waals surface area contributed by atoms with Crippen LogP contribution in [0.15, 0.2) is 54.5 Å². The van der Waals surface area contributed by atoms with Crippen LogP contribution in [0.5, 0.6) is 0 Å². The standard InChI is InChI=1S/C18H22BFN2O2/c1-17(2)18(3,4)24-19(23-17)16(20)10-11-22-13-15(12-21-22)14-8-6-5-7-9-14/h5-10,12-13H,11H2,1-4H3. The van der Waals surface area contributed by atoms with Crippen LogP contribution >= 0.6 is 0 Å². The van der Waals surface area contributed by atoms with Crippen molar-refractivity contribution in [2.75, 3.05) is 0 Å². The molecule has 1 aromatic heterocycles. The van der Waals surface area contributed by atoms with Gasteiger partial charge in [-0.15, -0.1) is 0 Å². The van der Waals surface area contributed by atoms with Crippen LogP contribution in [0.2, 0.25) is 0 Å². The highest BCUT2D eigenvalue weighted by Crippen LogP contribution is 2.38. The number of hydrogen-bond acceptors (Lipinski definition) is 3. The Hall–Kier alpha value is -1.92. The summed E-state index contributed by atoms with van der Waals surface area (Å²) in [5, 5.41) is 4.27. The van der Waals surface area contributed by atoms with Crippen LogP contribution in [0.25, 0.3) is 11.1 Å². The van der Waals surface area contributed by atoms with E-state index in [0.717, 1.165) is 11.1 Å². The first-order valence-electron chi connectivity index (χ1n) is 8.07. The highest BCUT2D eigenvalue weighted by molar-refractivity contribution is 6.53. The lowest BCUT2D eigenvalue weighted by molar-refractivity contribution is 0.00578. The smallest absolute Gasteiger partial charge is 0.398 e. The van der Waals surface area contributed by atoms with E-state index in [9.17, 15) is 4.39 Å². The Bertz CT molecular complexity index is 724. The number of benzene rings is 1. The van der Waals surface area contributed by atoms with E-state index in [4.69, 9.17) is 9.31 Å². The summed E-state index contributed by atoms with van der Waals surface area (Å²) < 4.78 is 27.5. The van der Waals surface area contributed by atoms with Crippen LogP contribution in [0.3, 0.4) is 0 Å². The lowest BCUT2D eigenvalue weighted by Crippen LogP contribution is -2.41. The Balaban J connectivity index is 1.67. The molecular weight excluding hydrogens is 306 g/mol. The maximum Gasteiger partial charge on any atom is 0.524 e. The number of aromatic nitrogens is 2. The van der Waals surface area contributed by atoms with E-state index >= 15 is 0 Å². The number of hydrogen-bond donors (Lipinski definition) is 0. The minimum Gasteiger partial charge on any atom is -0.398 e. The monoisotopic (exact) mass is 328 g/mol. The molecule has 2 aromatic rings. The first-order chi connectivity index (χ1) is 11.3. The van der Waals surface area contributed by atoms with Gasteiger partial charge in [-0.1, -0.05) is 30.3 Å². The molecule has 0 unspecified atom stereocenters. The van der Waals surface area contributed by atoms with Gasteiger partial charge in [0.1, 0.15) is 5.73 Å². The molecule has 0 spiro atoms. The largest absolute Gasteiger partial charge is 0.524 e. The van der Waals surface area contributed by atoms with Gasteiger partial charge in [-0.25, -0.2) is 4.39 Å². The van der Waals surface area contributed by atoms with E-state index < -0.39 is 24.0 Å². The summed E-state index contributed by atoms with van der Waals surface area (Å²) in [5.41, 5.74) is 0.564. The van der Waals surface area contributed by atoms with E-state index in [0.29, 0.717) is 6.54 Å². The lowest BCUT2D eigenvalue weighted by Gasteiger charge is -2.32. The second kappa shape index (κ2) is 6.18. The van der Waals surface area contributed by atoms with Gasteiger partial charge >= 0.3 is 7.12 Å². The van der Waals surface area contributed by atoms with Gasteiger partial charge in [0.15, 0.2) is 0 Å². The molecule has 1 aromatic carbocycles. The summed E-state index contributed by atoms with van der Waals surface area (Å²) in [7, 11) is -0.959. The predicted octanol–water partition coefficient (Wildman–Crippen LogP) is 4.03. The second-order valence-electron chi connectivity index (χ2n) is 6.99. The molecule has 4 nitrogen and oxygen atoms in total. The highest BCUT2D eigenvalue weighted by Gasteiger charge is 2.52. The van der Waals surface area contributed by atoms with Crippen molar-refractivity contribution < 1.29 is 13.7 Å². The molecular formula is C18H22BFN2O2. The molecule has 0 bridgehead atoms.